The highest BCUT2D eigenvalue weighted by Gasteiger charge is 2.03. The van der Waals surface area contributed by atoms with Gasteiger partial charge in [-0.25, -0.2) is 0 Å². The summed E-state index contributed by atoms with van der Waals surface area (Å²) in [5.41, 5.74) is 3.17. The summed E-state index contributed by atoms with van der Waals surface area (Å²) >= 11 is 0. The number of benzene rings is 1. The van der Waals surface area contributed by atoms with Crippen LogP contribution >= 0.6 is 0 Å². The minimum absolute atomic E-state index is 0.289. The summed E-state index contributed by atoms with van der Waals surface area (Å²) in [7, 11) is 0. The highest BCUT2D eigenvalue weighted by Crippen LogP contribution is 2.21. The monoisotopic (exact) mass is 217 g/mol. The van der Waals surface area contributed by atoms with Gasteiger partial charge in [0.2, 0.25) is 0 Å². The van der Waals surface area contributed by atoms with Crippen LogP contribution in [-0.4, -0.2) is 5.11 Å². The lowest BCUT2D eigenvalue weighted by Gasteiger charge is -2.08. The molecule has 2 rings (SSSR count). The molecule has 0 aliphatic carbocycles. The highest BCUT2D eigenvalue weighted by atomic mass is 16.3. The number of furan rings is 1. The molecule has 2 N–H and O–H groups in total. The van der Waals surface area contributed by atoms with E-state index in [4.69, 9.17) is 4.42 Å². The Morgan fingerprint density at radius 1 is 1.19 bits per heavy atom. The minimum atomic E-state index is 0.289. The number of phenols is 1. The summed E-state index contributed by atoms with van der Waals surface area (Å²) in [5, 5.41) is 12.6. The van der Waals surface area contributed by atoms with Crippen LogP contribution in [0.3, 0.4) is 0 Å². The zero-order valence-corrected chi connectivity index (χ0v) is 9.45. The van der Waals surface area contributed by atoms with E-state index in [1.54, 1.807) is 18.4 Å². The molecule has 1 aromatic heterocycles. The van der Waals surface area contributed by atoms with E-state index in [-0.39, 0.29) is 5.75 Å². The van der Waals surface area contributed by atoms with Gasteiger partial charge in [0.1, 0.15) is 11.5 Å². The van der Waals surface area contributed by atoms with E-state index in [0.717, 1.165) is 22.6 Å². The van der Waals surface area contributed by atoms with Gasteiger partial charge in [-0.3, -0.25) is 0 Å². The van der Waals surface area contributed by atoms with Crippen LogP contribution in [0.4, 0.5) is 5.69 Å². The van der Waals surface area contributed by atoms with E-state index in [0.29, 0.717) is 6.54 Å². The second kappa shape index (κ2) is 4.31. The van der Waals surface area contributed by atoms with Crippen molar-refractivity contribution in [3.05, 3.63) is 47.4 Å². The first-order valence-corrected chi connectivity index (χ1v) is 5.23. The number of hydrogen-bond acceptors (Lipinski definition) is 3. The molecular formula is C13H15NO2. The second-order valence-corrected chi connectivity index (χ2v) is 3.88. The quantitative estimate of drug-likeness (QED) is 0.776. The van der Waals surface area contributed by atoms with Gasteiger partial charge in [0.25, 0.3) is 0 Å². The van der Waals surface area contributed by atoms with Gasteiger partial charge < -0.3 is 14.8 Å². The van der Waals surface area contributed by atoms with Crippen molar-refractivity contribution in [1.82, 2.24) is 0 Å². The van der Waals surface area contributed by atoms with Gasteiger partial charge in [-0.2, -0.15) is 0 Å². The summed E-state index contributed by atoms with van der Waals surface area (Å²) in [4.78, 5) is 0. The largest absolute Gasteiger partial charge is 0.508 e. The first kappa shape index (κ1) is 10.6. The average Bonchev–Trinajstić information content (AvgIpc) is 2.63. The number of rotatable bonds is 3. The van der Waals surface area contributed by atoms with Crippen molar-refractivity contribution in [2.24, 2.45) is 0 Å². The Morgan fingerprint density at radius 3 is 2.62 bits per heavy atom. The summed E-state index contributed by atoms with van der Waals surface area (Å²) in [6.07, 6.45) is 1.69. The lowest BCUT2D eigenvalue weighted by atomic mass is 10.2. The topological polar surface area (TPSA) is 45.4 Å². The number of aromatic hydroxyl groups is 1. The molecule has 2 aromatic rings. The molecule has 0 atom stereocenters. The molecule has 0 fully saturated rings. The fourth-order valence-corrected chi connectivity index (χ4v) is 1.61. The van der Waals surface area contributed by atoms with Crippen molar-refractivity contribution in [2.45, 2.75) is 20.4 Å². The van der Waals surface area contributed by atoms with E-state index < -0.39 is 0 Å². The van der Waals surface area contributed by atoms with Crippen molar-refractivity contribution in [1.29, 1.82) is 0 Å². The molecule has 0 saturated heterocycles. The maximum Gasteiger partial charge on any atom is 0.125 e. The predicted octanol–water partition coefficient (Wildman–Crippen LogP) is 3.21. The molecule has 0 bridgehead atoms. The summed E-state index contributed by atoms with van der Waals surface area (Å²) in [6, 6.07) is 7.21. The third kappa shape index (κ3) is 2.19. The SMILES string of the molecule is Cc1cc(O)ccc1NCc1occc1C. The van der Waals surface area contributed by atoms with Gasteiger partial charge in [-0.1, -0.05) is 0 Å². The third-order valence-corrected chi connectivity index (χ3v) is 2.62. The van der Waals surface area contributed by atoms with Gasteiger partial charge in [0.15, 0.2) is 0 Å². The minimum Gasteiger partial charge on any atom is -0.508 e. The Bertz CT molecular complexity index is 488. The molecular weight excluding hydrogens is 202 g/mol. The zero-order chi connectivity index (χ0) is 11.5. The van der Waals surface area contributed by atoms with Crippen molar-refractivity contribution in [3.63, 3.8) is 0 Å². The van der Waals surface area contributed by atoms with Gasteiger partial charge in [0.05, 0.1) is 12.8 Å². The van der Waals surface area contributed by atoms with E-state index in [1.165, 1.54) is 0 Å². The van der Waals surface area contributed by atoms with Gasteiger partial charge in [0, 0.05) is 5.69 Å². The molecule has 0 aliphatic heterocycles. The molecule has 1 aromatic carbocycles. The first-order valence-electron chi connectivity index (χ1n) is 5.23. The van der Waals surface area contributed by atoms with Crippen LogP contribution in [0.2, 0.25) is 0 Å². The van der Waals surface area contributed by atoms with Gasteiger partial charge in [-0.15, -0.1) is 0 Å². The van der Waals surface area contributed by atoms with Crippen molar-refractivity contribution in [3.8, 4) is 5.75 Å². The maximum atomic E-state index is 9.29. The second-order valence-electron chi connectivity index (χ2n) is 3.88. The Kier molecular flexibility index (Phi) is 2.86. The predicted molar refractivity (Wildman–Crippen MR) is 63.6 cm³/mol. The van der Waals surface area contributed by atoms with Crippen molar-refractivity contribution < 1.29 is 9.52 Å². The van der Waals surface area contributed by atoms with Crippen LogP contribution in [0.25, 0.3) is 0 Å². The molecule has 16 heavy (non-hydrogen) atoms. The lowest BCUT2D eigenvalue weighted by Crippen LogP contribution is -2.00. The first-order chi connectivity index (χ1) is 7.66. The molecule has 0 aliphatic rings. The van der Waals surface area contributed by atoms with E-state index >= 15 is 0 Å². The Hall–Kier alpha value is -1.90. The van der Waals surface area contributed by atoms with Gasteiger partial charge in [-0.05, 0) is 49.2 Å². The smallest absolute Gasteiger partial charge is 0.125 e. The van der Waals surface area contributed by atoms with Crippen LogP contribution in [0.1, 0.15) is 16.9 Å². The molecule has 84 valence electrons. The fourth-order valence-electron chi connectivity index (χ4n) is 1.61. The molecule has 0 amide bonds. The normalized spacial score (nSPS) is 10.4. The fraction of sp³-hybridized carbons (Fsp3) is 0.231. The van der Waals surface area contributed by atoms with Gasteiger partial charge >= 0.3 is 0 Å². The maximum absolute atomic E-state index is 9.29. The number of phenolic OH excluding ortho intramolecular Hbond substituents is 1. The van der Waals surface area contributed by atoms with Crippen LogP contribution in [-0.2, 0) is 6.54 Å². The average molecular weight is 217 g/mol. The van der Waals surface area contributed by atoms with E-state index in [9.17, 15) is 5.11 Å². The van der Waals surface area contributed by atoms with Crippen LogP contribution < -0.4 is 5.32 Å². The van der Waals surface area contributed by atoms with Crippen LogP contribution in [0.15, 0.2) is 34.9 Å². The number of hydrogen-bond donors (Lipinski definition) is 2. The third-order valence-electron chi connectivity index (χ3n) is 2.62. The van der Waals surface area contributed by atoms with Crippen LogP contribution in [0, 0.1) is 13.8 Å². The summed E-state index contributed by atoms with van der Waals surface area (Å²) < 4.78 is 5.34. The van der Waals surface area contributed by atoms with Crippen molar-refractivity contribution in [2.75, 3.05) is 5.32 Å². The number of aryl methyl sites for hydroxylation is 2. The van der Waals surface area contributed by atoms with E-state index in [2.05, 4.69) is 5.32 Å². The zero-order valence-electron chi connectivity index (χ0n) is 9.45. The highest BCUT2D eigenvalue weighted by molar-refractivity contribution is 5.53. The number of nitrogens with one attached hydrogen (secondary N) is 1. The Labute approximate surface area is 94.7 Å². The molecule has 1 heterocycles. The Balaban J connectivity index is 2.08. The number of anilines is 1. The molecule has 0 radical (unpaired) electrons. The van der Waals surface area contributed by atoms with Crippen molar-refractivity contribution >= 4 is 5.69 Å². The molecule has 3 nitrogen and oxygen atoms in total. The summed E-state index contributed by atoms with van der Waals surface area (Å²) in [5.74, 6) is 1.23. The lowest BCUT2D eigenvalue weighted by molar-refractivity contribution is 0.475. The van der Waals surface area contributed by atoms with Crippen LogP contribution in [0.5, 0.6) is 5.75 Å². The Morgan fingerprint density at radius 2 is 2.00 bits per heavy atom. The molecule has 0 spiro atoms. The molecule has 0 saturated carbocycles. The summed E-state index contributed by atoms with van der Waals surface area (Å²) in [6.45, 7) is 4.63. The van der Waals surface area contributed by atoms with E-state index in [1.807, 2.05) is 26.0 Å². The standard InChI is InChI=1S/C13H15NO2/c1-9-5-6-16-13(9)8-14-12-4-3-11(15)7-10(12)2/h3-7,14-15H,8H2,1-2H3. The molecule has 0 unspecified atom stereocenters. The molecule has 3 heteroatoms.